The number of ether oxygens (including phenoxy) is 1. The lowest BCUT2D eigenvalue weighted by atomic mass is 10.1. The van der Waals surface area contributed by atoms with Gasteiger partial charge in [-0.2, -0.15) is 0 Å². The van der Waals surface area contributed by atoms with Crippen LogP contribution in [0, 0.1) is 5.41 Å². The quantitative estimate of drug-likeness (QED) is 0.241. The van der Waals surface area contributed by atoms with Crippen molar-refractivity contribution < 1.29 is 29.0 Å². The van der Waals surface area contributed by atoms with Crippen LogP contribution >= 0.6 is 23.2 Å². The molecule has 0 saturated heterocycles. The van der Waals surface area contributed by atoms with Gasteiger partial charge in [0.2, 0.25) is 17.8 Å². The summed E-state index contributed by atoms with van der Waals surface area (Å²) in [4.78, 5) is 46.7. The number of hydrogen-bond acceptors (Lipinski definition) is 7. The van der Waals surface area contributed by atoms with Gasteiger partial charge in [0.25, 0.3) is 0 Å². The number of halogens is 2. The molecule has 0 unspecified atom stereocenters. The summed E-state index contributed by atoms with van der Waals surface area (Å²) in [5.74, 6) is -3.41. The van der Waals surface area contributed by atoms with Crippen LogP contribution in [0.5, 0.6) is 0 Å². The number of likely N-dealkylation sites (N-methyl/N-ethyl adjacent to an activating group) is 1. The number of guanidine groups is 1. The maximum atomic E-state index is 12.0. The van der Waals surface area contributed by atoms with Crippen LogP contribution in [0.2, 0.25) is 10.0 Å². The van der Waals surface area contributed by atoms with E-state index >= 15 is 0 Å². The van der Waals surface area contributed by atoms with Crippen LogP contribution in [0.1, 0.15) is 12.5 Å². The van der Waals surface area contributed by atoms with Gasteiger partial charge in [0.15, 0.2) is 6.04 Å². The summed E-state index contributed by atoms with van der Waals surface area (Å²) in [6.45, 7) is 1.12. The average molecular weight is 462 g/mol. The molecule has 1 aromatic carbocycles. The average Bonchev–Trinajstić information content (AvgIpc) is 2.62. The van der Waals surface area contributed by atoms with E-state index in [1.54, 1.807) is 18.2 Å². The van der Waals surface area contributed by atoms with Crippen LogP contribution in [0.25, 0.3) is 0 Å². The van der Waals surface area contributed by atoms with Crippen LogP contribution in [0.3, 0.4) is 0 Å². The minimum atomic E-state index is -1.51. The van der Waals surface area contributed by atoms with Crippen LogP contribution in [0.4, 0.5) is 4.79 Å². The summed E-state index contributed by atoms with van der Waals surface area (Å²) < 4.78 is 4.86. The van der Waals surface area contributed by atoms with Crippen molar-refractivity contribution in [3.63, 3.8) is 0 Å². The third kappa shape index (κ3) is 8.23. The molecule has 0 aliphatic rings. The van der Waals surface area contributed by atoms with Crippen molar-refractivity contribution in [3.05, 3.63) is 33.8 Å². The van der Waals surface area contributed by atoms with E-state index in [-0.39, 0.29) is 23.0 Å². The Labute approximate surface area is 181 Å². The van der Waals surface area contributed by atoms with E-state index in [0.717, 1.165) is 0 Å². The minimum Gasteiger partial charge on any atom is -0.480 e. The molecule has 0 aliphatic carbocycles. The normalized spacial score (nSPS) is 12.3. The number of benzene rings is 1. The zero-order chi connectivity index (χ0) is 22.8. The maximum absolute atomic E-state index is 12.0. The molecule has 30 heavy (non-hydrogen) atoms. The Hall–Kier alpha value is -2.89. The molecule has 0 spiro atoms. The highest BCUT2D eigenvalue weighted by molar-refractivity contribution is 6.36. The van der Waals surface area contributed by atoms with Crippen LogP contribution in [-0.4, -0.2) is 60.7 Å². The van der Waals surface area contributed by atoms with E-state index in [0.29, 0.717) is 5.56 Å². The lowest BCUT2D eigenvalue weighted by Crippen LogP contribution is -2.52. The third-order valence-corrected chi connectivity index (χ3v) is 4.28. The van der Waals surface area contributed by atoms with Gasteiger partial charge in [-0.1, -0.05) is 29.3 Å². The topological polar surface area (TPSA) is 170 Å². The molecule has 0 fully saturated rings. The van der Waals surface area contributed by atoms with E-state index in [4.69, 9.17) is 33.3 Å². The monoisotopic (exact) mass is 461 g/mol. The van der Waals surface area contributed by atoms with Gasteiger partial charge in [0, 0.05) is 10.0 Å². The van der Waals surface area contributed by atoms with Crippen molar-refractivity contribution in [2.45, 2.75) is 25.5 Å². The van der Waals surface area contributed by atoms with Crippen molar-refractivity contribution in [2.75, 3.05) is 13.6 Å². The Morgan fingerprint density at radius 2 is 1.73 bits per heavy atom. The molecule has 164 valence electrons. The number of hydrogen-bond donors (Lipinski definition) is 6. The van der Waals surface area contributed by atoms with Gasteiger partial charge < -0.3 is 20.5 Å². The molecule has 3 amide bonds. The molecule has 0 aromatic heterocycles. The van der Waals surface area contributed by atoms with Gasteiger partial charge in [-0.15, -0.1) is 0 Å². The summed E-state index contributed by atoms with van der Waals surface area (Å²) >= 11 is 11.9. The number of alkyl carbamates (subject to hydrolysis) is 1. The van der Waals surface area contributed by atoms with Gasteiger partial charge >= 0.3 is 12.1 Å². The van der Waals surface area contributed by atoms with Crippen molar-refractivity contribution in [3.8, 4) is 0 Å². The van der Waals surface area contributed by atoms with Gasteiger partial charge in [0.1, 0.15) is 6.10 Å². The van der Waals surface area contributed by atoms with Gasteiger partial charge in [-0.05, 0) is 31.7 Å². The van der Waals surface area contributed by atoms with E-state index < -0.39 is 42.0 Å². The zero-order valence-corrected chi connectivity index (χ0v) is 17.6. The van der Waals surface area contributed by atoms with E-state index in [1.807, 2.05) is 5.32 Å². The second-order valence-electron chi connectivity index (χ2n) is 5.95. The summed E-state index contributed by atoms with van der Waals surface area (Å²) in [5.41, 5.74) is 0.351. The Morgan fingerprint density at radius 3 is 2.27 bits per heavy atom. The zero-order valence-electron chi connectivity index (χ0n) is 16.0. The minimum absolute atomic E-state index is 0.130. The summed E-state index contributed by atoms with van der Waals surface area (Å²) in [6, 6.07) is 3.19. The molecular formula is C17H21Cl2N5O6. The van der Waals surface area contributed by atoms with Crippen molar-refractivity contribution >= 4 is 53.0 Å². The van der Waals surface area contributed by atoms with Crippen LogP contribution in [-0.2, 0) is 25.5 Å². The summed E-state index contributed by atoms with van der Waals surface area (Å²) in [5, 5.41) is 26.1. The standard InChI is InChI=1S/C17H21Cl2N5O6/c1-8(14(15(27)28)22-13(26)7-21-2)30-17(29)24-16(20)23-12(25)6-9-10(18)4-3-5-11(9)19/h3-5,8,14,21H,6-7H2,1-2H3,(H,22,26)(H,27,28)(H3,20,23,24,25,29)/t8-,14+/m1/s1. The van der Waals surface area contributed by atoms with Gasteiger partial charge in [-0.3, -0.25) is 25.6 Å². The number of carbonyl (C=O) groups excluding carboxylic acids is 3. The van der Waals surface area contributed by atoms with E-state index in [1.165, 1.54) is 14.0 Å². The Morgan fingerprint density at radius 1 is 1.13 bits per heavy atom. The highest BCUT2D eigenvalue weighted by Crippen LogP contribution is 2.24. The fraction of sp³-hybridized carbons (Fsp3) is 0.353. The SMILES string of the molecule is CNCC(=O)N[C@H](C(=O)O)[C@@H](C)OC(=O)NC(=N)NC(=O)Cc1c(Cl)cccc1Cl. The number of amides is 3. The molecule has 0 heterocycles. The molecule has 6 N–H and O–H groups in total. The molecule has 1 rings (SSSR count). The summed E-state index contributed by atoms with van der Waals surface area (Å²) in [6.07, 6.45) is -2.71. The molecule has 0 radical (unpaired) electrons. The van der Waals surface area contributed by atoms with Gasteiger partial charge in [0.05, 0.1) is 13.0 Å². The largest absolute Gasteiger partial charge is 0.480 e. The molecule has 0 aliphatic heterocycles. The first-order valence-electron chi connectivity index (χ1n) is 8.50. The third-order valence-electron chi connectivity index (χ3n) is 3.57. The predicted molar refractivity (Wildman–Crippen MR) is 109 cm³/mol. The molecule has 13 heteroatoms. The van der Waals surface area contributed by atoms with E-state index in [9.17, 15) is 24.3 Å². The van der Waals surface area contributed by atoms with Crippen LogP contribution < -0.4 is 21.3 Å². The molecule has 1 aromatic rings. The van der Waals surface area contributed by atoms with Crippen molar-refractivity contribution in [1.82, 2.24) is 21.3 Å². The molecule has 0 saturated carbocycles. The maximum Gasteiger partial charge on any atom is 0.414 e. The Balaban J connectivity index is 2.58. The fourth-order valence-electron chi connectivity index (χ4n) is 2.21. The molecule has 2 atom stereocenters. The Kier molecular flexibility index (Phi) is 10.0. The highest BCUT2D eigenvalue weighted by atomic mass is 35.5. The fourth-order valence-corrected chi connectivity index (χ4v) is 2.74. The lowest BCUT2D eigenvalue weighted by molar-refractivity contribution is -0.144. The van der Waals surface area contributed by atoms with Crippen LogP contribution in [0.15, 0.2) is 18.2 Å². The summed E-state index contributed by atoms with van der Waals surface area (Å²) in [7, 11) is 1.50. The molecule has 11 nitrogen and oxygen atoms in total. The number of rotatable bonds is 8. The van der Waals surface area contributed by atoms with Gasteiger partial charge in [-0.25, -0.2) is 9.59 Å². The first-order valence-corrected chi connectivity index (χ1v) is 9.26. The Bertz CT molecular complexity index is 815. The molecule has 0 bridgehead atoms. The van der Waals surface area contributed by atoms with Crippen molar-refractivity contribution in [2.24, 2.45) is 0 Å². The number of nitrogens with one attached hydrogen (secondary N) is 5. The second-order valence-corrected chi connectivity index (χ2v) is 6.76. The van der Waals surface area contributed by atoms with E-state index in [2.05, 4.69) is 16.0 Å². The number of carbonyl (C=O) groups is 4. The smallest absolute Gasteiger partial charge is 0.414 e. The first-order chi connectivity index (χ1) is 14.0. The first kappa shape index (κ1) is 25.1. The number of carboxylic acid groups (broad SMARTS) is 1. The molecular weight excluding hydrogens is 441 g/mol. The number of carboxylic acids is 1. The lowest BCUT2D eigenvalue weighted by Gasteiger charge is -2.21. The number of aliphatic carboxylic acids is 1. The van der Waals surface area contributed by atoms with Crippen molar-refractivity contribution in [1.29, 1.82) is 5.41 Å². The second kappa shape index (κ2) is 12.0. The predicted octanol–water partition coefficient (Wildman–Crippen LogP) is 0.490. The highest BCUT2D eigenvalue weighted by Gasteiger charge is 2.29.